The summed E-state index contributed by atoms with van der Waals surface area (Å²) >= 11 is 0. The molecule has 1 amide bonds. The van der Waals surface area contributed by atoms with E-state index in [2.05, 4.69) is 17.2 Å². The zero-order valence-corrected chi connectivity index (χ0v) is 21.6. The fourth-order valence-corrected chi connectivity index (χ4v) is 4.61. The van der Waals surface area contributed by atoms with Crippen LogP contribution in [-0.4, -0.2) is 39.6 Å². The third-order valence-electron chi connectivity index (χ3n) is 4.77. The van der Waals surface area contributed by atoms with Crippen LogP contribution in [0.4, 0.5) is 10.5 Å². The number of hydrogen-bond donors (Lipinski definition) is 3. The van der Waals surface area contributed by atoms with Crippen molar-refractivity contribution in [1.29, 1.82) is 0 Å². The lowest BCUT2D eigenvalue weighted by atomic mass is 10.2. The summed E-state index contributed by atoms with van der Waals surface area (Å²) < 4.78 is 28.2. The number of para-hydroxylation sites is 2. The fraction of sp³-hybridized carbons (Fsp3) is 0.222. The van der Waals surface area contributed by atoms with E-state index in [-0.39, 0.29) is 13.2 Å². The van der Waals surface area contributed by atoms with E-state index >= 15 is 0 Å². The number of amides is 1. The Labute approximate surface area is 218 Å². The number of nitrogens with two attached hydrogens (primary N) is 1. The van der Waals surface area contributed by atoms with Crippen molar-refractivity contribution in [3.8, 4) is 11.5 Å². The average molecular weight is 526 g/mol. The molecule has 3 aromatic rings. The minimum absolute atomic E-state index is 0.0841. The summed E-state index contributed by atoms with van der Waals surface area (Å²) in [7, 11) is -0.168. The van der Waals surface area contributed by atoms with Crippen molar-refractivity contribution < 1.29 is 28.1 Å². The zero-order chi connectivity index (χ0) is 26.3. The molecule has 4 N–H and O–H groups in total. The second-order valence-corrected chi connectivity index (χ2v) is 9.11. The molecule has 0 aromatic heterocycles. The van der Waals surface area contributed by atoms with Crippen molar-refractivity contribution in [2.75, 3.05) is 38.9 Å². The highest BCUT2D eigenvalue weighted by Crippen LogP contribution is 2.51. The standard InChI is InChI=1S/C27H32N3O6P/c1-21(28)29-23-15-13-22(14-16-23)26(30-27(31)34-20-19-33-18-17-32-2)37(35-24-9-5-3-6-10-24)36-25-11-7-4-8-12-25/h3-16,26,29H,1,17-20,28H2,2H3,(H,30,31). The normalized spacial score (nSPS) is 11.4. The molecule has 0 aliphatic carbocycles. The van der Waals surface area contributed by atoms with Gasteiger partial charge < -0.3 is 39.6 Å². The van der Waals surface area contributed by atoms with Gasteiger partial charge in [0.25, 0.3) is 0 Å². The molecule has 0 bridgehead atoms. The molecule has 196 valence electrons. The third-order valence-corrected chi connectivity index (χ3v) is 6.40. The number of methoxy groups -OCH3 is 1. The Kier molecular flexibility index (Phi) is 11.5. The highest BCUT2D eigenvalue weighted by molar-refractivity contribution is 7.48. The maximum Gasteiger partial charge on any atom is 0.408 e. The van der Waals surface area contributed by atoms with E-state index in [0.717, 1.165) is 11.3 Å². The van der Waals surface area contributed by atoms with Crippen LogP contribution in [0.25, 0.3) is 0 Å². The van der Waals surface area contributed by atoms with Crippen LogP contribution in [0.1, 0.15) is 11.3 Å². The minimum Gasteiger partial charge on any atom is -0.447 e. The van der Waals surface area contributed by atoms with Crippen molar-refractivity contribution in [1.82, 2.24) is 5.32 Å². The molecule has 0 spiro atoms. The second-order valence-electron chi connectivity index (χ2n) is 7.65. The van der Waals surface area contributed by atoms with Gasteiger partial charge in [0.2, 0.25) is 0 Å². The van der Waals surface area contributed by atoms with Crippen molar-refractivity contribution >= 4 is 20.2 Å². The zero-order valence-electron chi connectivity index (χ0n) is 20.7. The second kappa shape index (κ2) is 15.4. The number of anilines is 1. The van der Waals surface area contributed by atoms with Gasteiger partial charge in [0.05, 0.1) is 25.6 Å². The van der Waals surface area contributed by atoms with Gasteiger partial charge in [-0.15, -0.1) is 0 Å². The Bertz CT molecular complexity index is 1040. The molecule has 0 aliphatic heterocycles. The maximum atomic E-state index is 12.8. The largest absolute Gasteiger partial charge is 0.447 e. The first-order chi connectivity index (χ1) is 18.0. The summed E-state index contributed by atoms with van der Waals surface area (Å²) in [5.41, 5.74) is 7.16. The number of carbonyl (C=O) groups excluding carboxylic acids is 1. The highest BCUT2D eigenvalue weighted by atomic mass is 31.2. The first-order valence-electron chi connectivity index (χ1n) is 11.6. The number of rotatable bonds is 15. The van der Waals surface area contributed by atoms with Gasteiger partial charge in [-0.1, -0.05) is 55.1 Å². The Morgan fingerprint density at radius 3 is 1.97 bits per heavy atom. The molecular weight excluding hydrogens is 493 g/mol. The molecule has 9 nitrogen and oxygen atoms in total. The van der Waals surface area contributed by atoms with E-state index in [1.54, 1.807) is 7.11 Å². The summed E-state index contributed by atoms with van der Waals surface area (Å²) in [4.78, 5) is 12.8. The quantitative estimate of drug-likeness (QED) is 0.179. The van der Waals surface area contributed by atoms with E-state index < -0.39 is 20.3 Å². The van der Waals surface area contributed by atoms with Gasteiger partial charge in [0.1, 0.15) is 18.1 Å². The molecular formula is C27H32N3O6P. The van der Waals surface area contributed by atoms with Crippen LogP contribution < -0.4 is 25.4 Å². The summed E-state index contributed by atoms with van der Waals surface area (Å²) in [5, 5.41) is 5.87. The van der Waals surface area contributed by atoms with Crippen LogP contribution in [0.15, 0.2) is 97.3 Å². The summed E-state index contributed by atoms with van der Waals surface area (Å²) in [5.74, 6) is 0.858. The number of nitrogens with one attached hydrogen (secondary N) is 2. The molecule has 1 unspecified atom stereocenters. The molecule has 3 aromatic carbocycles. The molecule has 0 aliphatic rings. The van der Waals surface area contributed by atoms with E-state index in [9.17, 15) is 4.79 Å². The molecule has 0 radical (unpaired) electrons. The first kappa shape index (κ1) is 27.8. The van der Waals surface area contributed by atoms with Gasteiger partial charge in [0, 0.05) is 12.8 Å². The van der Waals surface area contributed by atoms with E-state index in [1.165, 1.54) is 0 Å². The maximum absolute atomic E-state index is 12.8. The molecule has 10 heteroatoms. The van der Waals surface area contributed by atoms with Crippen molar-refractivity contribution in [3.05, 3.63) is 103 Å². The van der Waals surface area contributed by atoms with Gasteiger partial charge in [0.15, 0.2) is 5.78 Å². The van der Waals surface area contributed by atoms with Gasteiger partial charge in [-0.3, -0.25) is 0 Å². The lowest BCUT2D eigenvalue weighted by Gasteiger charge is -2.27. The van der Waals surface area contributed by atoms with Crippen LogP contribution in [0.5, 0.6) is 11.5 Å². The van der Waals surface area contributed by atoms with Crippen molar-refractivity contribution in [2.45, 2.75) is 5.78 Å². The number of carbonyl (C=O) groups is 1. The lowest BCUT2D eigenvalue weighted by molar-refractivity contribution is 0.0419. The van der Waals surface area contributed by atoms with Crippen LogP contribution in [0.2, 0.25) is 0 Å². The predicted octanol–water partition coefficient (Wildman–Crippen LogP) is 5.39. The van der Waals surface area contributed by atoms with Crippen LogP contribution in [0.3, 0.4) is 0 Å². The SMILES string of the molecule is C=C(N)Nc1ccc(C(NC(=O)OCCOCCOC)P(Oc2ccccc2)Oc2ccccc2)cc1. The minimum atomic E-state index is -1.76. The van der Waals surface area contributed by atoms with Gasteiger partial charge in [-0.25, -0.2) is 4.79 Å². The Balaban J connectivity index is 1.82. The van der Waals surface area contributed by atoms with E-state index in [4.69, 9.17) is 29.0 Å². The van der Waals surface area contributed by atoms with E-state index in [0.29, 0.717) is 30.5 Å². The third kappa shape index (κ3) is 10.0. The average Bonchev–Trinajstić information content (AvgIpc) is 2.90. The lowest BCUT2D eigenvalue weighted by Crippen LogP contribution is -2.31. The highest BCUT2D eigenvalue weighted by Gasteiger charge is 2.32. The van der Waals surface area contributed by atoms with Crippen LogP contribution in [0, 0.1) is 0 Å². The van der Waals surface area contributed by atoms with Crippen LogP contribution >= 0.6 is 8.38 Å². The summed E-state index contributed by atoms with van der Waals surface area (Å²) in [6.07, 6.45) is -0.626. The van der Waals surface area contributed by atoms with E-state index in [1.807, 2.05) is 84.9 Å². The number of alkyl carbamates (subject to hydrolysis) is 1. The van der Waals surface area contributed by atoms with Crippen molar-refractivity contribution in [2.24, 2.45) is 5.73 Å². The van der Waals surface area contributed by atoms with Gasteiger partial charge in [-0.2, -0.15) is 0 Å². The first-order valence-corrected chi connectivity index (χ1v) is 12.9. The predicted molar refractivity (Wildman–Crippen MR) is 144 cm³/mol. The monoisotopic (exact) mass is 525 g/mol. The smallest absolute Gasteiger partial charge is 0.408 e. The molecule has 37 heavy (non-hydrogen) atoms. The molecule has 0 saturated heterocycles. The Hall–Kier alpha value is -3.78. The van der Waals surface area contributed by atoms with Gasteiger partial charge in [-0.05, 0) is 42.0 Å². The van der Waals surface area contributed by atoms with Crippen LogP contribution in [-0.2, 0) is 14.2 Å². The van der Waals surface area contributed by atoms with Gasteiger partial charge >= 0.3 is 14.5 Å². The number of benzene rings is 3. The molecule has 0 saturated carbocycles. The molecule has 3 rings (SSSR count). The number of ether oxygens (including phenoxy) is 3. The molecule has 0 heterocycles. The summed E-state index contributed by atoms with van der Waals surface area (Å²) in [6, 6.07) is 25.9. The molecule has 0 fully saturated rings. The molecule has 1 atom stereocenters. The topological polar surface area (TPSA) is 113 Å². The Morgan fingerprint density at radius 1 is 0.865 bits per heavy atom. The Morgan fingerprint density at radius 2 is 1.43 bits per heavy atom. The summed E-state index contributed by atoms with van der Waals surface area (Å²) in [6.45, 7) is 4.88. The van der Waals surface area contributed by atoms with Crippen molar-refractivity contribution in [3.63, 3.8) is 0 Å². The number of hydrogen-bond acceptors (Lipinski definition) is 8. The fourth-order valence-electron chi connectivity index (χ4n) is 3.08.